The van der Waals surface area contributed by atoms with Gasteiger partial charge in [0, 0.05) is 31.9 Å². The van der Waals surface area contributed by atoms with Crippen molar-refractivity contribution >= 4 is 0 Å². The standard InChI is InChI=1S/C13H17N3O2/c1-9(10-5-12(17)7-13(18)6-10)14-8-11-3-4-16(2)15-11/h3-7,9,14,17-18H,8H2,1-2H3. The molecule has 0 aliphatic rings. The molecule has 1 heterocycles. The van der Waals surface area contributed by atoms with Gasteiger partial charge in [0.25, 0.3) is 0 Å². The highest BCUT2D eigenvalue weighted by Crippen LogP contribution is 2.24. The van der Waals surface area contributed by atoms with Gasteiger partial charge in [0.2, 0.25) is 0 Å². The first kappa shape index (κ1) is 12.4. The van der Waals surface area contributed by atoms with Crippen LogP contribution in [-0.2, 0) is 13.6 Å². The molecule has 1 aromatic carbocycles. The van der Waals surface area contributed by atoms with Crippen molar-refractivity contribution in [1.29, 1.82) is 0 Å². The van der Waals surface area contributed by atoms with E-state index >= 15 is 0 Å². The summed E-state index contributed by atoms with van der Waals surface area (Å²) in [5.41, 5.74) is 1.79. The van der Waals surface area contributed by atoms with E-state index in [1.54, 1.807) is 16.8 Å². The number of benzene rings is 1. The van der Waals surface area contributed by atoms with Crippen molar-refractivity contribution in [1.82, 2.24) is 15.1 Å². The third kappa shape index (κ3) is 3.01. The molecule has 5 nitrogen and oxygen atoms in total. The van der Waals surface area contributed by atoms with Crippen LogP contribution in [0.3, 0.4) is 0 Å². The van der Waals surface area contributed by atoms with Crippen molar-refractivity contribution in [3.63, 3.8) is 0 Å². The summed E-state index contributed by atoms with van der Waals surface area (Å²) in [6.07, 6.45) is 1.89. The maximum atomic E-state index is 9.43. The summed E-state index contributed by atoms with van der Waals surface area (Å²) >= 11 is 0. The van der Waals surface area contributed by atoms with E-state index in [-0.39, 0.29) is 17.5 Å². The Morgan fingerprint density at radius 1 is 1.28 bits per heavy atom. The lowest BCUT2D eigenvalue weighted by Gasteiger charge is -2.14. The summed E-state index contributed by atoms with van der Waals surface area (Å²) in [6.45, 7) is 2.61. The molecule has 2 rings (SSSR count). The number of phenolic OH excluding ortho intramolecular Hbond substituents is 2. The first-order chi connectivity index (χ1) is 8.54. The van der Waals surface area contributed by atoms with Gasteiger partial charge in [0.15, 0.2) is 0 Å². The predicted molar refractivity (Wildman–Crippen MR) is 68.2 cm³/mol. The molecule has 0 bridgehead atoms. The van der Waals surface area contributed by atoms with Crippen LogP contribution >= 0.6 is 0 Å². The molecule has 3 N–H and O–H groups in total. The van der Waals surface area contributed by atoms with E-state index in [9.17, 15) is 10.2 Å². The largest absolute Gasteiger partial charge is 0.508 e. The molecule has 0 aliphatic carbocycles. The van der Waals surface area contributed by atoms with Crippen LogP contribution in [0.25, 0.3) is 0 Å². The van der Waals surface area contributed by atoms with E-state index in [0.717, 1.165) is 11.3 Å². The van der Waals surface area contributed by atoms with E-state index in [1.807, 2.05) is 26.2 Å². The summed E-state index contributed by atoms with van der Waals surface area (Å²) in [6, 6.07) is 6.55. The second-order valence-corrected chi connectivity index (χ2v) is 4.37. The average Bonchev–Trinajstić information content (AvgIpc) is 2.70. The number of nitrogens with zero attached hydrogens (tertiary/aromatic N) is 2. The molecule has 0 saturated heterocycles. The Balaban J connectivity index is 2.01. The highest BCUT2D eigenvalue weighted by atomic mass is 16.3. The fraction of sp³-hybridized carbons (Fsp3) is 0.308. The molecule has 0 aliphatic heterocycles. The third-order valence-electron chi connectivity index (χ3n) is 2.78. The second-order valence-electron chi connectivity index (χ2n) is 4.37. The van der Waals surface area contributed by atoms with E-state index in [1.165, 1.54) is 6.07 Å². The lowest BCUT2D eigenvalue weighted by atomic mass is 10.1. The van der Waals surface area contributed by atoms with Crippen LogP contribution in [0.15, 0.2) is 30.5 Å². The smallest absolute Gasteiger partial charge is 0.119 e. The molecule has 18 heavy (non-hydrogen) atoms. The summed E-state index contributed by atoms with van der Waals surface area (Å²) in [4.78, 5) is 0. The normalized spacial score (nSPS) is 12.6. The Morgan fingerprint density at radius 2 is 1.94 bits per heavy atom. The number of hydrogen-bond donors (Lipinski definition) is 3. The van der Waals surface area contributed by atoms with E-state index in [2.05, 4.69) is 10.4 Å². The number of aromatic nitrogens is 2. The van der Waals surface area contributed by atoms with Crippen molar-refractivity contribution in [2.75, 3.05) is 0 Å². The molecule has 0 fully saturated rings. The first-order valence-corrected chi connectivity index (χ1v) is 5.79. The topological polar surface area (TPSA) is 70.3 Å². The summed E-state index contributed by atoms with van der Waals surface area (Å²) in [7, 11) is 1.88. The molecular weight excluding hydrogens is 230 g/mol. The van der Waals surface area contributed by atoms with Gasteiger partial charge < -0.3 is 15.5 Å². The van der Waals surface area contributed by atoms with Crippen LogP contribution in [0.2, 0.25) is 0 Å². The predicted octanol–water partition coefficient (Wildman–Crippen LogP) is 1.68. The van der Waals surface area contributed by atoms with Gasteiger partial charge in [-0.2, -0.15) is 5.10 Å². The monoisotopic (exact) mass is 247 g/mol. The van der Waals surface area contributed by atoms with Crippen LogP contribution in [0.5, 0.6) is 11.5 Å². The number of hydrogen-bond acceptors (Lipinski definition) is 4. The number of rotatable bonds is 4. The van der Waals surface area contributed by atoms with Gasteiger partial charge in [-0.1, -0.05) is 0 Å². The average molecular weight is 247 g/mol. The second kappa shape index (κ2) is 5.10. The van der Waals surface area contributed by atoms with Gasteiger partial charge in [-0.05, 0) is 30.7 Å². The Kier molecular flexibility index (Phi) is 3.53. The lowest BCUT2D eigenvalue weighted by molar-refractivity contribution is 0.446. The van der Waals surface area contributed by atoms with Crippen LogP contribution in [0.1, 0.15) is 24.2 Å². The molecule has 1 atom stereocenters. The van der Waals surface area contributed by atoms with Gasteiger partial charge in [0.05, 0.1) is 5.69 Å². The van der Waals surface area contributed by atoms with Crippen molar-refractivity contribution in [2.45, 2.75) is 19.5 Å². The quantitative estimate of drug-likeness (QED) is 0.768. The maximum absolute atomic E-state index is 9.43. The van der Waals surface area contributed by atoms with Crippen LogP contribution in [0.4, 0.5) is 0 Å². The first-order valence-electron chi connectivity index (χ1n) is 5.79. The minimum absolute atomic E-state index is 0.0185. The molecule has 0 radical (unpaired) electrons. The summed E-state index contributed by atoms with van der Waals surface area (Å²) in [5, 5.41) is 26.4. The zero-order chi connectivity index (χ0) is 13.1. The van der Waals surface area contributed by atoms with Crippen molar-refractivity contribution < 1.29 is 10.2 Å². The van der Waals surface area contributed by atoms with E-state index in [0.29, 0.717) is 6.54 Å². The molecular formula is C13H17N3O2. The highest BCUT2D eigenvalue weighted by Gasteiger charge is 2.08. The van der Waals surface area contributed by atoms with Gasteiger partial charge in [0.1, 0.15) is 11.5 Å². The Bertz CT molecular complexity index is 517. The fourth-order valence-electron chi connectivity index (χ4n) is 1.80. The van der Waals surface area contributed by atoms with Crippen molar-refractivity contribution in [3.05, 3.63) is 41.7 Å². The van der Waals surface area contributed by atoms with Gasteiger partial charge in [-0.15, -0.1) is 0 Å². The zero-order valence-corrected chi connectivity index (χ0v) is 10.5. The molecule has 1 unspecified atom stereocenters. The van der Waals surface area contributed by atoms with Crippen LogP contribution < -0.4 is 5.32 Å². The minimum atomic E-state index is 0.0185. The fourth-order valence-corrected chi connectivity index (χ4v) is 1.80. The molecule has 2 aromatic rings. The van der Waals surface area contributed by atoms with E-state index in [4.69, 9.17) is 0 Å². The molecule has 1 aromatic heterocycles. The Labute approximate surface area is 106 Å². The van der Waals surface area contributed by atoms with Crippen LogP contribution in [0, 0.1) is 0 Å². The minimum Gasteiger partial charge on any atom is -0.508 e. The van der Waals surface area contributed by atoms with Crippen molar-refractivity contribution in [2.24, 2.45) is 7.05 Å². The number of aryl methyl sites for hydroxylation is 1. The Morgan fingerprint density at radius 3 is 2.50 bits per heavy atom. The summed E-state index contributed by atoms with van der Waals surface area (Å²) < 4.78 is 1.75. The molecule has 0 saturated carbocycles. The number of nitrogens with one attached hydrogen (secondary N) is 1. The lowest BCUT2D eigenvalue weighted by Crippen LogP contribution is -2.18. The van der Waals surface area contributed by atoms with E-state index < -0.39 is 0 Å². The molecule has 5 heteroatoms. The van der Waals surface area contributed by atoms with Gasteiger partial charge >= 0.3 is 0 Å². The maximum Gasteiger partial charge on any atom is 0.119 e. The van der Waals surface area contributed by atoms with Crippen molar-refractivity contribution in [3.8, 4) is 11.5 Å². The summed E-state index contributed by atoms with van der Waals surface area (Å²) in [5.74, 6) is 0.132. The zero-order valence-electron chi connectivity index (χ0n) is 10.5. The molecule has 96 valence electrons. The molecule has 0 amide bonds. The Hall–Kier alpha value is -2.01. The number of aromatic hydroxyl groups is 2. The van der Waals surface area contributed by atoms with Gasteiger partial charge in [-0.25, -0.2) is 0 Å². The SMILES string of the molecule is CC(NCc1ccn(C)n1)c1cc(O)cc(O)c1. The van der Waals surface area contributed by atoms with Crippen LogP contribution in [-0.4, -0.2) is 20.0 Å². The molecule has 0 spiro atoms. The van der Waals surface area contributed by atoms with Gasteiger partial charge in [-0.3, -0.25) is 4.68 Å². The number of phenols is 2. The highest BCUT2D eigenvalue weighted by molar-refractivity contribution is 5.37. The third-order valence-corrected chi connectivity index (χ3v) is 2.78.